The van der Waals surface area contributed by atoms with Crippen molar-refractivity contribution in [2.75, 3.05) is 6.61 Å². The quantitative estimate of drug-likeness (QED) is 0.815. The molecule has 2 aromatic carbocycles. The number of aliphatic hydroxyl groups excluding tert-OH is 1. The van der Waals surface area contributed by atoms with E-state index in [1.54, 1.807) is 0 Å². The Labute approximate surface area is 127 Å². The maximum atomic E-state index is 9.60. The third kappa shape index (κ3) is 4.69. The molecule has 0 heterocycles. The van der Waals surface area contributed by atoms with Crippen LogP contribution < -0.4 is 5.32 Å². The van der Waals surface area contributed by atoms with E-state index >= 15 is 0 Å². The second kappa shape index (κ2) is 7.96. The Morgan fingerprint density at radius 2 is 1.62 bits per heavy atom. The van der Waals surface area contributed by atoms with Gasteiger partial charge in [-0.3, -0.25) is 0 Å². The Bertz CT molecular complexity index is 521. The molecule has 112 valence electrons. The first-order valence-electron chi connectivity index (χ1n) is 7.72. The van der Waals surface area contributed by atoms with E-state index in [0.29, 0.717) is 0 Å². The second-order valence-corrected chi connectivity index (χ2v) is 5.55. The van der Waals surface area contributed by atoms with Crippen molar-refractivity contribution in [3.05, 3.63) is 71.3 Å². The molecule has 0 radical (unpaired) electrons. The summed E-state index contributed by atoms with van der Waals surface area (Å²) >= 11 is 0. The van der Waals surface area contributed by atoms with E-state index in [1.165, 1.54) is 16.7 Å². The van der Waals surface area contributed by atoms with E-state index in [9.17, 15) is 5.11 Å². The van der Waals surface area contributed by atoms with Crippen LogP contribution in [0.2, 0.25) is 0 Å². The summed E-state index contributed by atoms with van der Waals surface area (Å²) in [5.41, 5.74) is 3.87. The second-order valence-electron chi connectivity index (χ2n) is 5.55. The van der Waals surface area contributed by atoms with Crippen LogP contribution in [0.15, 0.2) is 54.6 Å². The van der Waals surface area contributed by atoms with E-state index in [1.807, 2.05) is 18.2 Å². The first-order chi connectivity index (χ1) is 10.2. The normalized spacial score (nSPS) is 13.9. The maximum absolute atomic E-state index is 9.60. The van der Waals surface area contributed by atoms with Crippen LogP contribution in [0, 0.1) is 0 Å². The van der Waals surface area contributed by atoms with Crippen LogP contribution in [-0.4, -0.2) is 17.8 Å². The van der Waals surface area contributed by atoms with Gasteiger partial charge in [-0.25, -0.2) is 0 Å². The summed E-state index contributed by atoms with van der Waals surface area (Å²) in [4.78, 5) is 0. The zero-order chi connectivity index (χ0) is 15.1. The fourth-order valence-corrected chi connectivity index (χ4v) is 2.57. The van der Waals surface area contributed by atoms with Crippen molar-refractivity contribution in [1.29, 1.82) is 0 Å². The van der Waals surface area contributed by atoms with Crippen molar-refractivity contribution >= 4 is 0 Å². The number of benzene rings is 2. The van der Waals surface area contributed by atoms with Crippen LogP contribution in [0.4, 0.5) is 0 Å². The summed E-state index contributed by atoms with van der Waals surface area (Å²) in [7, 11) is 0. The highest BCUT2D eigenvalue weighted by molar-refractivity contribution is 5.25. The third-order valence-corrected chi connectivity index (χ3v) is 3.92. The number of hydrogen-bond donors (Lipinski definition) is 2. The highest BCUT2D eigenvalue weighted by Gasteiger charge is 2.13. The summed E-state index contributed by atoms with van der Waals surface area (Å²) in [5.74, 6) is 0. The molecular formula is C19H25NO. The molecule has 0 aliphatic rings. The smallest absolute Gasteiger partial charge is 0.0588 e. The molecule has 2 N–H and O–H groups in total. The van der Waals surface area contributed by atoms with Crippen molar-refractivity contribution in [1.82, 2.24) is 5.32 Å². The summed E-state index contributed by atoms with van der Waals surface area (Å²) in [6, 6.07) is 19.3. The lowest BCUT2D eigenvalue weighted by Crippen LogP contribution is -2.36. The Morgan fingerprint density at radius 1 is 0.952 bits per heavy atom. The summed E-state index contributed by atoms with van der Waals surface area (Å²) in [5, 5.41) is 13.1. The standard InChI is InChI=1S/C19H25NO/c1-3-16-9-11-18(12-10-16)15(2)20-19(14-21)13-17-7-5-4-6-8-17/h4-12,15,19-21H,3,13-14H2,1-2H3/t15?,19-/m0/s1. The fraction of sp³-hybridized carbons (Fsp3) is 0.368. The van der Waals surface area contributed by atoms with Crippen molar-refractivity contribution < 1.29 is 5.11 Å². The van der Waals surface area contributed by atoms with Crippen LogP contribution >= 0.6 is 0 Å². The fourth-order valence-electron chi connectivity index (χ4n) is 2.57. The molecule has 2 atom stereocenters. The van der Waals surface area contributed by atoms with Crippen LogP contribution in [0.25, 0.3) is 0 Å². The van der Waals surface area contributed by atoms with Gasteiger partial charge in [0.2, 0.25) is 0 Å². The first kappa shape index (κ1) is 15.7. The molecule has 0 aromatic heterocycles. The molecule has 2 heteroatoms. The van der Waals surface area contributed by atoms with Gasteiger partial charge in [-0.05, 0) is 36.5 Å². The molecule has 1 unspecified atom stereocenters. The Balaban J connectivity index is 1.96. The number of nitrogens with one attached hydrogen (secondary N) is 1. The molecule has 2 rings (SSSR count). The van der Waals surface area contributed by atoms with Crippen molar-refractivity contribution in [2.24, 2.45) is 0 Å². The molecule has 0 saturated carbocycles. The van der Waals surface area contributed by atoms with Crippen LogP contribution in [0.5, 0.6) is 0 Å². The molecule has 2 nitrogen and oxygen atoms in total. The largest absolute Gasteiger partial charge is 0.395 e. The van der Waals surface area contributed by atoms with E-state index in [-0.39, 0.29) is 18.7 Å². The maximum Gasteiger partial charge on any atom is 0.0588 e. The summed E-state index contributed by atoms with van der Waals surface area (Å²) in [6.07, 6.45) is 1.91. The van der Waals surface area contributed by atoms with Gasteiger partial charge < -0.3 is 10.4 Å². The van der Waals surface area contributed by atoms with Crippen LogP contribution in [0.3, 0.4) is 0 Å². The summed E-state index contributed by atoms with van der Waals surface area (Å²) in [6.45, 7) is 4.46. The number of aryl methyl sites for hydroxylation is 1. The van der Waals surface area contributed by atoms with Gasteiger partial charge in [0.15, 0.2) is 0 Å². The van der Waals surface area contributed by atoms with Gasteiger partial charge >= 0.3 is 0 Å². The molecule has 0 aliphatic heterocycles. The average molecular weight is 283 g/mol. The first-order valence-corrected chi connectivity index (χ1v) is 7.72. The number of aliphatic hydroxyl groups is 1. The van der Waals surface area contributed by atoms with Gasteiger partial charge in [-0.1, -0.05) is 61.5 Å². The molecule has 0 spiro atoms. The van der Waals surface area contributed by atoms with Crippen molar-refractivity contribution in [2.45, 2.75) is 38.8 Å². The molecule has 0 saturated heterocycles. The lowest BCUT2D eigenvalue weighted by molar-refractivity contribution is 0.232. The molecule has 2 aromatic rings. The topological polar surface area (TPSA) is 32.3 Å². The zero-order valence-corrected chi connectivity index (χ0v) is 12.9. The average Bonchev–Trinajstić information content (AvgIpc) is 2.55. The van der Waals surface area contributed by atoms with E-state index in [2.05, 4.69) is 55.6 Å². The molecule has 0 bridgehead atoms. The molecular weight excluding hydrogens is 258 g/mol. The molecule has 0 aliphatic carbocycles. The molecule has 21 heavy (non-hydrogen) atoms. The Kier molecular flexibility index (Phi) is 5.97. The number of rotatable bonds is 7. The molecule has 0 amide bonds. The predicted molar refractivity (Wildman–Crippen MR) is 88.4 cm³/mol. The highest BCUT2D eigenvalue weighted by atomic mass is 16.3. The lowest BCUT2D eigenvalue weighted by atomic mass is 10.0. The minimum Gasteiger partial charge on any atom is -0.395 e. The van der Waals surface area contributed by atoms with Crippen molar-refractivity contribution in [3.8, 4) is 0 Å². The minimum atomic E-state index is 0.0771. The Morgan fingerprint density at radius 3 is 2.19 bits per heavy atom. The van der Waals surface area contributed by atoms with Gasteiger partial charge in [-0.2, -0.15) is 0 Å². The Hall–Kier alpha value is -1.64. The highest BCUT2D eigenvalue weighted by Crippen LogP contribution is 2.15. The van der Waals surface area contributed by atoms with Gasteiger partial charge in [0.25, 0.3) is 0 Å². The van der Waals surface area contributed by atoms with Gasteiger partial charge in [0.1, 0.15) is 0 Å². The van der Waals surface area contributed by atoms with Gasteiger partial charge in [-0.15, -0.1) is 0 Å². The predicted octanol–water partition coefficient (Wildman–Crippen LogP) is 3.50. The van der Waals surface area contributed by atoms with E-state index in [0.717, 1.165) is 12.8 Å². The number of hydrogen-bond acceptors (Lipinski definition) is 2. The van der Waals surface area contributed by atoms with Crippen molar-refractivity contribution in [3.63, 3.8) is 0 Å². The van der Waals surface area contributed by atoms with Crippen LogP contribution in [-0.2, 0) is 12.8 Å². The third-order valence-electron chi connectivity index (χ3n) is 3.92. The SMILES string of the molecule is CCc1ccc(C(C)N[C@H](CO)Cc2ccccc2)cc1. The van der Waals surface area contributed by atoms with Crippen LogP contribution in [0.1, 0.15) is 36.6 Å². The summed E-state index contributed by atoms with van der Waals surface area (Å²) < 4.78 is 0. The minimum absolute atomic E-state index is 0.0771. The molecule has 0 fully saturated rings. The monoisotopic (exact) mass is 283 g/mol. The van der Waals surface area contributed by atoms with Gasteiger partial charge in [0, 0.05) is 12.1 Å². The zero-order valence-electron chi connectivity index (χ0n) is 12.9. The van der Waals surface area contributed by atoms with Gasteiger partial charge in [0.05, 0.1) is 6.61 Å². The van der Waals surface area contributed by atoms with E-state index in [4.69, 9.17) is 0 Å². The lowest BCUT2D eigenvalue weighted by Gasteiger charge is -2.22. The van der Waals surface area contributed by atoms with E-state index < -0.39 is 0 Å².